The van der Waals surface area contributed by atoms with Crippen molar-refractivity contribution in [1.29, 1.82) is 0 Å². The normalized spacial score (nSPS) is 27.7. The van der Waals surface area contributed by atoms with Gasteiger partial charge in [0.15, 0.2) is 0 Å². The van der Waals surface area contributed by atoms with E-state index in [1.807, 2.05) is 24.3 Å². The van der Waals surface area contributed by atoms with Gasteiger partial charge in [-0.25, -0.2) is 13.1 Å². The van der Waals surface area contributed by atoms with E-state index in [2.05, 4.69) is 25.5 Å². The van der Waals surface area contributed by atoms with Gasteiger partial charge in [-0.2, -0.15) is 0 Å². The minimum Gasteiger partial charge on any atom is -0.464 e. The summed E-state index contributed by atoms with van der Waals surface area (Å²) in [6, 6.07) is 14.5. The van der Waals surface area contributed by atoms with Crippen molar-refractivity contribution in [3.63, 3.8) is 0 Å². The molecule has 2 aromatic carbocycles. The Morgan fingerprint density at radius 1 is 1.12 bits per heavy atom. The van der Waals surface area contributed by atoms with Gasteiger partial charge in [0.25, 0.3) is 5.91 Å². The maximum atomic E-state index is 13.6. The smallest absolute Gasteiger partial charge is 0.464 e. The zero-order chi connectivity index (χ0) is 28.4. The quantitative estimate of drug-likeness (QED) is 0.407. The van der Waals surface area contributed by atoms with E-state index < -0.39 is 28.7 Å². The van der Waals surface area contributed by atoms with Crippen molar-refractivity contribution in [2.24, 2.45) is 17.3 Å². The highest BCUT2D eigenvalue weighted by atomic mass is 32.2. The van der Waals surface area contributed by atoms with Crippen LogP contribution in [0.3, 0.4) is 0 Å². The Morgan fingerprint density at radius 3 is 2.65 bits per heavy atom. The van der Waals surface area contributed by atoms with Crippen LogP contribution in [-0.2, 0) is 31.5 Å². The van der Waals surface area contributed by atoms with Crippen LogP contribution in [0.2, 0.25) is 0 Å². The fourth-order valence-electron chi connectivity index (χ4n) is 7.24. The van der Waals surface area contributed by atoms with E-state index in [4.69, 9.17) is 13.7 Å². The van der Waals surface area contributed by atoms with Crippen molar-refractivity contribution < 1.29 is 26.9 Å². The van der Waals surface area contributed by atoms with Gasteiger partial charge in [-0.3, -0.25) is 4.79 Å². The van der Waals surface area contributed by atoms with Crippen LogP contribution >= 0.6 is 0 Å². The summed E-state index contributed by atoms with van der Waals surface area (Å²) in [4.78, 5) is 13.9. The highest BCUT2D eigenvalue weighted by molar-refractivity contribution is 7.88. The van der Waals surface area contributed by atoms with Gasteiger partial charge in [0.2, 0.25) is 10.0 Å². The van der Waals surface area contributed by atoms with E-state index >= 15 is 0 Å². The number of rotatable bonds is 8. The third-order valence-electron chi connectivity index (χ3n) is 9.57. The molecule has 5 atom stereocenters. The van der Waals surface area contributed by atoms with Gasteiger partial charge in [-0.1, -0.05) is 44.2 Å². The number of hydrogen-bond acceptors (Lipinski definition) is 6. The maximum absolute atomic E-state index is 13.6. The zero-order valence-corrected chi connectivity index (χ0v) is 24.5. The van der Waals surface area contributed by atoms with Gasteiger partial charge in [-0.05, 0) is 72.8 Å². The van der Waals surface area contributed by atoms with Crippen molar-refractivity contribution >= 4 is 34.0 Å². The second kappa shape index (κ2) is 9.72. The summed E-state index contributed by atoms with van der Waals surface area (Å²) < 4.78 is 49.1. The molecule has 1 aromatic heterocycles. The van der Waals surface area contributed by atoms with E-state index in [1.165, 1.54) is 4.90 Å². The monoisotopic (exact) mass is 564 g/mol. The lowest BCUT2D eigenvalue weighted by Gasteiger charge is -2.64. The first-order valence-corrected chi connectivity index (χ1v) is 15.6. The third kappa shape index (κ3) is 4.68. The second-order valence-electron chi connectivity index (χ2n) is 12.7. The fraction of sp³-hybridized carbons (Fsp3) is 0.500. The minimum absolute atomic E-state index is 0.0731. The summed E-state index contributed by atoms with van der Waals surface area (Å²) in [5.74, 6) is -0.169. The third-order valence-corrected chi connectivity index (χ3v) is 10.9. The molecule has 3 aliphatic carbocycles. The molecule has 1 aliphatic heterocycles. The average Bonchev–Trinajstić information content (AvgIpc) is 3.47. The van der Waals surface area contributed by atoms with Crippen molar-refractivity contribution in [3.8, 4) is 0 Å². The van der Waals surface area contributed by atoms with Gasteiger partial charge in [0.05, 0.1) is 29.7 Å². The molecular formula is C30H37BN2O6S. The van der Waals surface area contributed by atoms with Crippen LogP contribution in [0.25, 0.3) is 11.0 Å². The highest BCUT2D eigenvalue weighted by Crippen LogP contribution is 2.65. The Morgan fingerprint density at radius 2 is 1.90 bits per heavy atom. The average molecular weight is 565 g/mol. The lowest BCUT2D eigenvalue weighted by molar-refractivity contribution is -0.199. The first-order chi connectivity index (χ1) is 18.9. The van der Waals surface area contributed by atoms with Gasteiger partial charge in [0, 0.05) is 25.0 Å². The summed E-state index contributed by atoms with van der Waals surface area (Å²) in [6.45, 7) is 6.74. The molecule has 8 nitrogen and oxygen atoms in total. The zero-order valence-electron chi connectivity index (χ0n) is 23.7. The molecule has 10 heteroatoms. The Balaban J connectivity index is 1.28. The molecule has 1 N–H and O–H groups in total. The number of amides is 1. The number of para-hydroxylation sites is 1. The Hall–Kier alpha value is -2.66. The van der Waals surface area contributed by atoms with Gasteiger partial charge >= 0.3 is 7.12 Å². The molecule has 2 bridgehead atoms. The number of carbonyl (C=O) groups is 1. The Labute approximate surface area is 236 Å². The summed E-state index contributed by atoms with van der Waals surface area (Å²) in [6.07, 6.45) is 3.99. The molecule has 7 rings (SSSR count). The van der Waals surface area contributed by atoms with Crippen molar-refractivity contribution in [2.75, 3.05) is 14.1 Å². The lowest BCUT2D eigenvalue weighted by Crippen LogP contribution is -2.65. The number of nitrogens with zero attached hydrogens (tertiary/aromatic N) is 1. The molecule has 0 spiro atoms. The van der Waals surface area contributed by atoms with Crippen LogP contribution in [-0.4, -0.2) is 58.1 Å². The predicted molar refractivity (Wildman–Crippen MR) is 154 cm³/mol. The number of sulfonamides is 1. The van der Waals surface area contributed by atoms with Crippen LogP contribution in [0.5, 0.6) is 0 Å². The second-order valence-corrected chi connectivity index (χ2v) is 14.4. The molecule has 4 fully saturated rings. The summed E-state index contributed by atoms with van der Waals surface area (Å²) in [5.41, 5.74) is 2.32. The molecule has 3 aromatic rings. The molecule has 1 saturated heterocycles. The molecular weight excluding hydrogens is 527 g/mol. The number of benzene rings is 2. The molecule has 1 unspecified atom stereocenters. The summed E-state index contributed by atoms with van der Waals surface area (Å²) >= 11 is 0. The molecule has 2 heterocycles. The lowest BCUT2D eigenvalue weighted by atomic mass is 9.43. The van der Waals surface area contributed by atoms with Crippen LogP contribution < -0.4 is 4.72 Å². The van der Waals surface area contributed by atoms with E-state index in [0.717, 1.165) is 29.4 Å². The SMILES string of the molecule is CN(C)C(=O)c1cccc(CS(=O)(=O)NC(Cc2coc3ccccc23)B2O[C@@H]3C[C@@H]4C[C@@H](C4(C)C)[C@]3(C)O2)c1. The van der Waals surface area contributed by atoms with Crippen LogP contribution in [0, 0.1) is 17.3 Å². The van der Waals surface area contributed by atoms with Crippen LogP contribution in [0.15, 0.2) is 59.2 Å². The first-order valence-electron chi connectivity index (χ1n) is 14.0. The predicted octanol–water partition coefficient (Wildman–Crippen LogP) is 4.43. The van der Waals surface area contributed by atoms with E-state index in [9.17, 15) is 13.2 Å². The van der Waals surface area contributed by atoms with E-state index in [0.29, 0.717) is 29.4 Å². The fourth-order valence-corrected chi connectivity index (χ4v) is 8.59. The number of fused-ring (bicyclic) bond motifs is 1. The number of hydrogen-bond donors (Lipinski definition) is 1. The number of furan rings is 1. The molecule has 4 aliphatic rings. The van der Waals surface area contributed by atoms with Crippen molar-refractivity contribution in [1.82, 2.24) is 9.62 Å². The van der Waals surface area contributed by atoms with Gasteiger partial charge in [0.1, 0.15) is 5.58 Å². The van der Waals surface area contributed by atoms with Crippen molar-refractivity contribution in [2.45, 2.75) is 63.4 Å². The molecule has 40 heavy (non-hydrogen) atoms. The van der Waals surface area contributed by atoms with Gasteiger partial charge < -0.3 is 18.6 Å². The summed E-state index contributed by atoms with van der Waals surface area (Å²) in [7, 11) is -1.24. The Bertz CT molecular complexity index is 1550. The Kier molecular flexibility index (Phi) is 6.69. The molecule has 0 radical (unpaired) electrons. The summed E-state index contributed by atoms with van der Waals surface area (Å²) in [5, 5.41) is 0.937. The van der Waals surface area contributed by atoms with E-state index in [-0.39, 0.29) is 23.2 Å². The highest BCUT2D eigenvalue weighted by Gasteiger charge is 2.68. The van der Waals surface area contributed by atoms with Crippen LogP contribution in [0.1, 0.15) is 55.1 Å². The van der Waals surface area contributed by atoms with Gasteiger partial charge in [-0.15, -0.1) is 0 Å². The largest absolute Gasteiger partial charge is 0.477 e. The number of nitrogens with one attached hydrogen (secondary N) is 1. The standard InChI is InChI=1S/C30H37BN2O6S/c1-29(2)22-15-25(29)30(3)26(16-22)38-31(39-30)27(14-21-17-37-24-12-7-6-11-23(21)24)32-40(35,36)18-19-9-8-10-20(13-19)28(34)33(4)5/h6-13,17,22,25-27,32H,14-16,18H2,1-5H3/t22-,25-,26+,27?,30-/m0/s1. The van der Waals surface area contributed by atoms with Crippen molar-refractivity contribution in [3.05, 3.63) is 71.5 Å². The van der Waals surface area contributed by atoms with E-state index in [1.54, 1.807) is 44.6 Å². The molecule has 3 saturated carbocycles. The molecule has 1 amide bonds. The number of carbonyl (C=O) groups excluding carboxylic acids is 1. The van der Waals surface area contributed by atoms with Crippen LogP contribution in [0.4, 0.5) is 0 Å². The minimum atomic E-state index is -3.83. The first kappa shape index (κ1) is 27.5. The maximum Gasteiger partial charge on any atom is 0.477 e. The topological polar surface area (TPSA) is 98.1 Å². The molecule has 212 valence electrons.